The van der Waals surface area contributed by atoms with Crippen LogP contribution >= 0.6 is 11.3 Å². The fourth-order valence-corrected chi connectivity index (χ4v) is 2.14. The van der Waals surface area contributed by atoms with Gasteiger partial charge in [-0.1, -0.05) is 0 Å². The van der Waals surface area contributed by atoms with Gasteiger partial charge in [-0.2, -0.15) is 0 Å². The van der Waals surface area contributed by atoms with Crippen molar-refractivity contribution in [2.45, 2.75) is 6.42 Å². The number of aliphatic carboxylic acids is 1. The summed E-state index contributed by atoms with van der Waals surface area (Å²) in [7, 11) is 0. The van der Waals surface area contributed by atoms with E-state index in [0.29, 0.717) is 6.54 Å². The maximum absolute atomic E-state index is 10.3. The summed E-state index contributed by atoms with van der Waals surface area (Å²) in [4.78, 5) is 14.7. The van der Waals surface area contributed by atoms with Crippen LogP contribution in [0.4, 0.5) is 0 Å². The molecule has 0 saturated carbocycles. The molecule has 0 atom stereocenters. The molecule has 0 amide bonds. The number of carboxylic acids is 1. The predicted molar refractivity (Wildman–Crippen MR) is 64.0 cm³/mol. The second kappa shape index (κ2) is 5.60. The largest absolute Gasteiger partial charge is 0.480 e. The number of hydrogen-bond donors (Lipinski definition) is 2. The first kappa shape index (κ1) is 11.8. The van der Waals surface area contributed by atoms with Crippen LogP contribution in [-0.4, -0.2) is 29.1 Å². The molecule has 0 fully saturated rings. The molecule has 0 aliphatic rings. The standard InChI is InChI=1S/C11H12N2O3S/c14-11(15)6-12-4-3-10-13-8(7-17-10)9-2-1-5-16-9/h1-2,5,7,12H,3-4,6H2,(H,14,15). The van der Waals surface area contributed by atoms with Crippen molar-refractivity contribution < 1.29 is 14.3 Å². The number of carbonyl (C=O) groups is 1. The topological polar surface area (TPSA) is 75.4 Å². The Labute approximate surface area is 102 Å². The second-order valence-corrected chi connectivity index (χ2v) is 4.37. The van der Waals surface area contributed by atoms with E-state index in [0.717, 1.165) is 22.9 Å². The zero-order valence-corrected chi connectivity index (χ0v) is 9.87. The Morgan fingerprint density at radius 1 is 1.59 bits per heavy atom. The van der Waals surface area contributed by atoms with Gasteiger partial charge in [0.2, 0.25) is 0 Å². The monoisotopic (exact) mass is 252 g/mol. The Morgan fingerprint density at radius 2 is 2.47 bits per heavy atom. The fourth-order valence-electron chi connectivity index (χ4n) is 1.35. The zero-order chi connectivity index (χ0) is 12.1. The van der Waals surface area contributed by atoms with Crippen LogP contribution in [0.25, 0.3) is 11.5 Å². The number of carboxylic acid groups (broad SMARTS) is 1. The van der Waals surface area contributed by atoms with Gasteiger partial charge < -0.3 is 14.8 Å². The van der Waals surface area contributed by atoms with Gasteiger partial charge in [0.15, 0.2) is 5.76 Å². The maximum Gasteiger partial charge on any atom is 0.317 e. The van der Waals surface area contributed by atoms with E-state index in [1.165, 1.54) is 0 Å². The Kier molecular flexibility index (Phi) is 3.89. The molecule has 0 aliphatic heterocycles. The quantitative estimate of drug-likeness (QED) is 0.764. The molecular weight excluding hydrogens is 240 g/mol. The average molecular weight is 252 g/mol. The van der Waals surface area contributed by atoms with E-state index in [4.69, 9.17) is 9.52 Å². The molecule has 0 aliphatic carbocycles. The molecule has 90 valence electrons. The summed E-state index contributed by atoms with van der Waals surface area (Å²) in [6.07, 6.45) is 2.33. The zero-order valence-electron chi connectivity index (χ0n) is 9.05. The Morgan fingerprint density at radius 3 is 3.18 bits per heavy atom. The minimum Gasteiger partial charge on any atom is -0.480 e. The van der Waals surface area contributed by atoms with Crippen molar-refractivity contribution in [2.75, 3.05) is 13.1 Å². The molecule has 17 heavy (non-hydrogen) atoms. The molecule has 0 unspecified atom stereocenters. The Balaban J connectivity index is 1.84. The maximum atomic E-state index is 10.3. The number of aromatic nitrogens is 1. The van der Waals surface area contributed by atoms with Crippen LogP contribution in [0.1, 0.15) is 5.01 Å². The normalized spacial score (nSPS) is 10.6. The highest BCUT2D eigenvalue weighted by Gasteiger charge is 2.06. The first-order chi connectivity index (χ1) is 8.25. The first-order valence-corrected chi connectivity index (χ1v) is 6.04. The molecule has 2 N–H and O–H groups in total. The van der Waals surface area contributed by atoms with E-state index < -0.39 is 5.97 Å². The van der Waals surface area contributed by atoms with E-state index in [9.17, 15) is 4.79 Å². The SMILES string of the molecule is O=C(O)CNCCc1nc(-c2ccco2)cs1. The minimum atomic E-state index is -0.847. The van der Waals surface area contributed by atoms with Gasteiger partial charge >= 0.3 is 5.97 Å². The first-order valence-electron chi connectivity index (χ1n) is 5.16. The Hall–Kier alpha value is -1.66. The van der Waals surface area contributed by atoms with Crippen LogP contribution < -0.4 is 5.32 Å². The molecule has 2 aromatic heterocycles. The average Bonchev–Trinajstić information content (AvgIpc) is 2.94. The summed E-state index contributed by atoms with van der Waals surface area (Å²) in [6.45, 7) is 0.591. The minimum absolute atomic E-state index is 0.0174. The number of rotatable bonds is 6. The van der Waals surface area contributed by atoms with Crippen LogP contribution in [0.15, 0.2) is 28.2 Å². The summed E-state index contributed by atoms with van der Waals surface area (Å²) in [6, 6.07) is 3.68. The molecular formula is C11H12N2O3S. The fraction of sp³-hybridized carbons (Fsp3) is 0.273. The van der Waals surface area contributed by atoms with Crippen molar-refractivity contribution >= 4 is 17.3 Å². The van der Waals surface area contributed by atoms with Crippen molar-refractivity contribution in [1.82, 2.24) is 10.3 Å². The summed E-state index contributed by atoms with van der Waals surface area (Å²) < 4.78 is 5.24. The van der Waals surface area contributed by atoms with Crippen LogP contribution in [0.2, 0.25) is 0 Å². The highest BCUT2D eigenvalue weighted by molar-refractivity contribution is 7.09. The van der Waals surface area contributed by atoms with E-state index in [-0.39, 0.29) is 6.54 Å². The van der Waals surface area contributed by atoms with Crippen molar-refractivity contribution in [1.29, 1.82) is 0 Å². The molecule has 0 radical (unpaired) electrons. The third-order valence-corrected chi connectivity index (χ3v) is 3.03. The third-order valence-electron chi connectivity index (χ3n) is 2.12. The third kappa shape index (κ3) is 3.40. The molecule has 0 aromatic carbocycles. The van der Waals surface area contributed by atoms with Gasteiger partial charge in [0.05, 0.1) is 17.8 Å². The van der Waals surface area contributed by atoms with Gasteiger partial charge in [-0.25, -0.2) is 4.98 Å². The van der Waals surface area contributed by atoms with Crippen molar-refractivity contribution in [3.8, 4) is 11.5 Å². The number of nitrogens with zero attached hydrogens (tertiary/aromatic N) is 1. The highest BCUT2D eigenvalue weighted by atomic mass is 32.1. The van der Waals surface area contributed by atoms with Gasteiger partial charge in [-0.3, -0.25) is 4.79 Å². The lowest BCUT2D eigenvalue weighted by Crippen LogP contribution is -2.24. The van der Waals surface area contributed by atoms with Crippen LogP contribution in [-0.2, 0) is 11.2 Å². The van der Waals surface area contributed by atoms with Crippen LogP contribution in [0, 0.1) is 0 Å². The summed E-state index contributed by atoms with van der Waals surface area (Å²) in [5, 5.41) is 14.2. The predicted octanol–water partition coefficient (Wildman–Crippen LogP) is 1.62. The van der Waals surface area contributed by atoms with E-state index in [2.05, 4.69) is 10.3 Å². The lowest BCUT2D eigenvalue weighted by Gasteiger charge is -1.98. The van der Waals surface area contributed by atoms with Gasteiger partial charge in [0.25, 0.3) is 0 Å². The summed E-state index contributed by atoms with van der Waals surface area (Å²) in [5.74, 6) is -0.0913. The van der Waals surface area contributed by atoms with Gasteiger partial charge in [0, 0.05) is 18.3 Å². The summed E-state index contributed by atoms with van der Waals surface area (Å²) in [5.41, 5.74) is 0.827. The van der Waals surface area contributed by atoms with Gasteiger partial charge in [0.1, 0.15) is 5.69 Å². The molecule has 2 rings (SSSR count). The lowest BCUT2D eigenvalue weighted by molar-refractivity contribution is -0.135. The van der Waals surface area contributed by atoms with Crippen LogP contribution in [0.3, 0.4) is 0 Å². The Bertz CT molecular complexity index is 479. The molecule has 2 aromatic rings. The number of hydrogen-bond acceptors (Lipinski definition) is 5. The summed E-state index contributed by atoms with van der Waals surface area (Å²) >= 11 is 1.55. The highest BCUT2D eigenvalue weighted by Crippen LogP contribution is 2.22. The van der Waals surface area contributed by atoms with Crippen molar-refractivity contribution in [3.63, 3.8) is 0 Å². The number of nitrogens with one attached hydrogen (secondary N) is 1. The second-order valence-electron chi connectivity index (χ2n) is 3.42. The number of furan rings is 1. The molecule has 0 spiro atoms. The van der Waals surface area contributed by atoms with E-state index in [1.807, 2.05) is 17.5 Å². The van der Waals surface area contributed by atoms with E-state index in [1.54, 1.807) is 17.6 Å². The molecule has 2 heterocycles. The van der Waals surface area contributed by atoms with Gasteiger partial charge in [-0.05, 0) is 12.1 Å². The number of thiazole rings is 1. The van der Waals surface area contributed by atoms with Crippen LogP contribution in [0.5, 0.6) is 0 Å². The lowest BCUT2D eigenvalue weighted by atomic mass is 10.3. The smallest absolute Gasteiger partial charge is 0.317 e. The molecule has 0 saturated heterocycles. The molecule has 0 bridgehead atoms. The van der Waals surface area contributed by atoms with Crippen molar-refractivity contribution in [2.24, 2.45) is 0 Å². The van der Waals surface area contributed by atoms with Gasteiger partial charge in [-0.15, -0.1) is 11.3 Å². The molecule has 5 nitrogen and oxygen atoms in total. The van der Waals surface area contributed by atoms with Crippen molar-refractivity contribution in [3.05, 3.63) is 28.8 Å². The molecule has 6 heteroatoms. The van der Waals surface area contributed by atoms with E-state index >= 15 is 0 Å².